The fourth-order valence-corrected chi connectivity index (χ4v) is 2.20. The number of rotatable bonds is 5. The van der Waals surface area contributed by atoms with Crippen LogP contribution in [0.2, 0.25) is 0 Å². The third-order valence-electron chi connectivity index (χ3n) is 3.47. The Morgan fingerprint density at radius 2 is 1.57 bits per heavy atom. The van der Waals surface area contributed by atoms with Gasteiger partial charge >= 0.3 is 0 Å². The van der Waals surface area contributed by atoms with Gasteiger partial charge in [0, 0.05) is 17.8 Å². The van der Waals surface area contributed by atoms with Crippen molar-refractivity contribution in [2.24, 2.45) is 0 Å². The van der Waals surface area contributed by atoms with Crippen molar-refractivity contribution in [3.63, 3.8) is 0 Å². The Hall–Kier alpha value is -2.23. The van der Waals surface area contributed by atoms with Crippen molar-refractivity contribution in [3.05, 3.63) is 53.3 Å². The zero-order valence-electron chi connectivity index (χ0n) is 12.7. The van der Waals surface area contributed by atoms with Crippen LogP contribution in [0.25, 0.3) is 0 Å². The molecule has 3 nitrogen and oxygen atoms in total. The molecule has 0 aliphatic rings. The molecule has 21 heavy (non-hydrogen) atoms. The first kappa shape index (κ1) is 15.2. The molecule has 0 radical (unpaired) electrons. The van der Waals surface area contributed by atoms with Crippen LogP contribution in [0.15, 0.2) is 36.4 Å². The van der Waals surface area contributed by atoms with Gasteiger partial charge in [-0.1, -0.05) is 12.1 Å². The fraction of sp³-hybridized carbons (Fsp3) is 0.294. The van der Waals surface area contributed by atoms with Gasteiger partial charge in [0.15, 0.2) is 11.5 Å². The molecule has 0 aliphatic carbocycles. The van der Waals surface area contributed by atoms with Gasteiger partial charge in [-0.15, -0.1) is 0 Å². The molecular formula is C17H20FNO2. The summed E-state index contributed by atoms with van der Waals surface area (Å²) in [5.74, 6) is 1.15. The van der Waals surface area contributed by atoms with Gasteiger partial charge in [0.25, 0.3) is 0 Å². The summed E-state index contributed by atoms with van der Waals surface area (Å²) in [6, 6.07) is 10.4. The van der Waals surface area contributed by atoms with E-state index in [1.807, 2.05) is 26.0 Å². The summed E-state index contributed by atoms with van der Waals surface area (Å²) in [5, 5.41) is 3.41. The number of nitrogens with one attached hydrogen (secondary N) is 1. The number of hydrogen-bond acceptors (Lipinski definition) is 3. The zero-order chi connectivity index (χ0) is 15.4. The van der Waals surface area contributed by atoms with Crippen LogP contribution in [-0.4, -0.2) is 14.2 Å². The minimum atomic E-state index is -0.228. The third kappa shape index (κ3) is 3.45. The molecule has 1 unspecified atom stereocenters. The fourth-order valence-electron chi connectivity index (χ4n) is 2.20. The van der Waals surface area contributed by atoms with Gasteiger partial charge in [-0.25, -0.2) is 4.39 Å². The van der Waals surface area contributed by atoms with E-state index in [9.17, 15) is 4.39 Å². The zero-order valence-corrected chi connectivity index (χ0v) is 12.7. The lowest BCUT2D eigenvalue weighted by Crippen LogP contribution is -2.08. The second kappa shape index (κ2) is 6.48. The molecule has 0 spiro atoms. The Labute approximate surface area is 124 Å². The Bertz CT molecular complexity index is 611. The normalized spacial score (nSPS) is 11.9. The van der Waals surface area contributed by atoms with Crippen LogP contribution < -0.4 is 14.8 Å². The van der Waals surface area contributed by atoms with Crippen molar-refractivity contribution in [1.82, 2.24) is 0 Å². The van der Waals surface area contributed by atoms with Crippen LogP contribution in [0.4, 0.5) is 10.1 Å². The van der Waals surface area contributed by atoms with Crippen molar-refractivity contribution < 1.29 is 13.9 Å². The summed E-state index contributed by atoms with van der Waals surface area (Å²) in [7, 11) is 3.23. The van der Waals surface area contributed by atoms with Crippen LogP contribution >= 0.6 is 0 Å². The SMILES string of the molecule is COc1cc(C)c(NC(C)c2ccc(F)cc2)cc1OC. The van der Waals surface area contributed by atoms with Crippen LogP contribution in [0.1, 0.15) is 24.1 Å². The average Bonchev–Trinajstić information content (AvgIpc) is 2.49. The Morgan fingerprint density at radius 1 is 1.00 bits per heavy atom. The molecule has 0 aromatic heterocycles. The first-order chi connectivity index (χ1) is 10.0. The molecule has 112 valence electrons. The average molecular weight is 289 g/mol. The lowest BCUT2D eigenvalue weighted by Gasteiger charge is -2.19. The molecule has 0 saturated carbocycles. The summed E-state index contributed by atoms with van der Waals surface area (Å²) in [6.07, 6.45) is 0. The van der Waals surface area contributed by atoms with Gasteiger partial charge in [0.1, 0.15) is 5.82 Å². The highest BCUT2D eigenvalue weighted by Gasteiger charge is 2.11. The third-order valence-corrected chi connectivity index (χ3v) is 3.47. The lowest BCUT2D eigenvalue weighted by atomic mass is 10.1. The molecule has 0 saturated heterocycles. The van der Waals surface area contributed by atoms with Crippen LogP contribution in [-0.2, 0) is 0 Å². The van der Waals surface area contributed by atoms with Crippen LogP contribution in [0.5, 0.6) is 11.5 Å². The summed E-state index contributed by atoms with van der Waals surface area (Å²) < 4.78 is 23.6. The number of anilines is 1. The van der Waals surface area contributed by atoms with E-state index in [2.05, 4.69) is 5.32 Å². The molecule has 0 aliphatic heterocycles. The first-order valence-corrected chi connectivity index (χ1v) is 6.79. The summed E-state index contributed by atoms with van der Waals surface area (Å²) >= 11 is 0. The van der Waals surface area contributed by atoms with Gasteiger partial charge in [-0.2, -0.15) is 0 Å². The largest absolute Gasteiger partial charge is 0.493 e. The van der Waals surface area contributed by atoms with E-state index >= 15 is 0 Å². The van der Waals surface area contributed by atoms with Crippen LogP contribution in [0, 0.1) is 12.7 Å². The Balaban J connectivity index is 2.24. The number of ether oxygens (including phenoxy) is 2. The number of aryl methyl sites for hydroxylation is 1. The standard InChI is InChI=1S/C17H20FNO2/c1-11-9-16(20-3)17(21-4)10-15(11)19-12(2)13-5-7-14(18)8-6-13/h5-10,12,19H,1-4H3. The van der Waals surface area contributed by atoms with E-state index in [0.29, 0.717) is 11.5 Å². The number of halogens is 1. The molecule has 1 atom stereocenters. The first-order valence-electron chi connectivity index (χ1n) is 6.79. The van der Waals surface area contributed by atoms with E-state index in [0.717, 1.165) is 16.8 Å². The van der Waals surface area contributed by atoms with E-state index in [-0.39, 0.29) is 11.9 Å². The predicted molar refractivity (Wildman–Crippen MR) is 82.7 cm³/mol. The molecule has 2 aromatic rings. The summed E-state index contributed by atoms with van der Waals surface area (Å²) in [4.78, 5) is 0. The number of methoxy groups -OCH3 is 2. The maximum absolute atomic E-state index is 13.0. The minimum Gasteiger partial charge on any atom is -0.493 e. The van der Waals surface area contributed by atoms with Gasteiger partial charge in [0.05, 0.1) is 14.2 Å². The highest BCUT2D eigenvalue weighted by atomic mass is 19.1. The van der Waals surface area contributed by atoms with E-state index < -0.39 is 0 Å². The van der Waals surface area contributed by atoms with Crippen molar-refractivity contribution in [1.29, 1.82) is 0 Å². The Kier molecular flexibility index (Phi) is 4.68. The molecule has 0 fully saturated rings. The summed E-state index contributed by atoms with van der Waals surface area (Å²) in [5.41, 5.74) is 3.04. The van der Waals surface area contributed by atoms with E-state index in [4.69, 9.17) is 9.47 Å². The van der Waals surface area contributed by atoms with E-state index in [1.54, 1.807) is 26.4 Å². The second-order valence-electron chi connectivity index (χ2n) is 4.94. The summed E-state index contributed by atoms with van der Waals surface area (Å²) in [6.45, 7) is 4.03. The topological polar surface area (TPSA) is 30.5 Å². The molecular weight excluding hydrogens is 269 g/mol. The van der Waals surface area contributed by atoms with Crippen molar-refractivity contribution in [3.8, 4) is 11.5 Å². The van der Waals surface area contributed by atoms with Gasteiger partial charge in [-0.3, -0.25) is 0 Å². The number of benzene rings is 2. The molecule has 1 N–H and O–H groups in total. The van der Waals surface area contributed by atoms with Gasteiger partial charge in [-0.05, 0) is 43.2 Å². The molecule has 0 bridgehead atoms. The highest BCUT2D eigenvalue weighted by molar-refractivity contribution is 5.60. The van der Waals surface area contributed by atoms with Crippen molar-refractivity contribution in [2.75, 3.05) is 19.5 Å². The molecule has 2 aromatic carbocycles. The molecule has 2 rings (SSSR count). The Morgan fingerprint density at radius 3 is 2.14 bits per heavy atom. The second-order valence-corrected chi connectivity index (χ2v) is 4.94. The van der Waals surface area contributed by atoms with Gasteiger partial charge < -0.3 is 14.8 Å². The maximum Gasteiger partial charge on any atom is 0.162 e. The van der Waals surface area contributed by atoms with E-state index in [1.165, 1.54) is 12.1 Å². The quantitative estimate of drug-likeness (QED) is 0.889. The van der Waals surface area contributed by atoms with Crippen LogP contribution in [0.3, 0.4) is 0 Å². The monoisotopic (exact) mass is 289 g/mol. The predicted octanol–water partition coefficient (Wildman–Crippen LogP) is 4.32. The maximum atomic E-state index is 13.0. The van der Waals surface area contributed by atoms with Crippen molar-refractivity contribution in [2.45, 2.75) is 19.9 Å². The molecule has 4 heteroatoms. The smallest absolute Gasteiger partial charge is 0.162 e. The lowest BCUT2D eigenvalue weighted by molar-refractivity contribution is 0.355. The molecule has 0 amide bonds. The van der Waals surface area contributed by atoms with Crippen molar-refractivity contribution >= 4 is 5.69 Å². The molecule has 0 heterocycles. The number of hydrogen-bond donors (Lipinski definition) is 1. The van der Waals surface area contributed by atoms with Gasteiger partial charge in [0.2, 0.25) is 0 Å². The highest BCUT2D eigenvalue weighted by Crippen LogP contribution is 2.34. The minimum absolute atomic E-state index is 0.0578.